The van der Waals surface area contributed by atoms with Gasteiger partial charge in [-0.3, -0.25) is 9.69 Å². The molecule has 5 heteroatoms. The van der Waals surface area contributed by atoms with Crippen molar-refractivity contribution in [3.05, 3.63) is 29.6 Å². The van der Waals surface area contributed by atoms with Crippen molar-refractivity contribution in [1.29, 1.82) is 0 Å². The summed E-state index contributed by atoms with van der Waals surface area (Å²) in [6, 6.07) is 4.86. The number of nitrogens with zero attached hydrogens (tertiary/aromatic N) is 2. The lowest BCUT2D eigenvalue weighted by Gasteiger charge is -2.38. The summed E-state index contributed by atoms with van der Waals surface area (Å²) in [5.74, 6) is -0.738. The number of anilines is 1. The molecule has 1 amide bonds. The molecule has 3 rings (SSSR count). The Bertz CT molecular complexity index is 520. The van der Waals surface area contributed by atoms with E-state index < -0.39 is 5.82 Å². The fraction of sp³-hybridized carbons (Fsp3) is 0.562. The standard InChI is InChI=1S/C16H22FN3O/c17-15-6-5-12(18)11-14(15)16(21)20-9-7-19(8-10-20)13-3-1-2-4-13/h5-6,11,13H,1-4,7-10,18H2. The lowest BCUT2D eigenvalue weighted by atomic mass is 10.1. The molecule has 4 nitrogen and oxygen atoms in total. The minimum Gasteiger partial charge on any atom is -0.399 e. The number of amides is 1. The molecule has 1 heterocycles. The lowest BCUT2D eigenvalue weighted by molar-refractivity contribution is 0.0569. The van der Waals surface area contributed by atoms with E-state index in [2.05, 4.69) is 4.90 Å². The van der Waals surface area contributed by atoms with E-state index in [9.17, 15) is 9.18 Å². The molecule has 2 aliphatic rings. The summed E-state index contributed by atoms with van der Waals surface area (Å²) in [7, 11) is 0. The van der Waals surface area contributed by atoms with E-state index in [0.29, 0.717) is 24.8 Å². The summed E-state index contributed by atoms with van der Waals surface area (Å²) in [6.07, 6.45) is 5.19. The summed E-state index contributed by atoms with van der Waals surface area (Å²) in [6.45, 7) is 3.12. The zero-order chi connectivity index (χ0) is 14.8. The molecule has 0 atom stereocenters. The van der Waals surface area contributed by atoms with Crippen LogP contribution in [-0.2, 0) is 0 Å². The van der Waals surface area contributed by atoms with Gasteiger partial charge in [-0.15, -0.1) is 0 Å². The van der Waals surface area contributed by atoms with Gasteiger partial charge in [-0.25, -0.2) is 4.39 Å². The second-order valence-corrected chi connectivity index (χ2v) is 6.01. The van der Waals surface area contributed by atoms with E-state index in [1.807, 2.05) is 0 Å². The fourth-order valence-electron chi connectivity index (χ4n) is 3.44. The molecule has 2 N–H and O–H groups in total. The van der Waals surface area contributed by atoms with Crippen molar-refractivity contribution in [2.24, 2.45) is 0 Å². The van der Waals surface area contributed by atoms with Crippen molar-refractivity contribution in [1.82, 2.24) is 9.80 Å². The third-order valence-electron chi connectivity index (χ3n) is 4.66. The van der Waals surface area contributed by atoms with E-state index in [1.54, 1.807) is 4.90 Å². The SMILES string of the molecule is Nc1ccc(F)c(C(=O)N2CCN(C3CCCC3)CC2)c1. The third kappa shape index (κ3) is 3.02. The first-order chi connectivity index (χ1) is 10.1. The molecule has 1 saturated carbocycles. The molecule has 1 saturated heterocycles. The van der Waals surface area contributed by atoms with Gasteiger partial charge in [-0.1, -0.05) is 12.8 Å². The van der Waals surface area contributed by atoms with Crippen LogP contribution < -0.4 is 5.73 Å². The van der Waals surface area contributed by atoms with Crippen LogP contribution in [0.25, 0.3) is 0 Å². The smallest absolute Gasteiger partial charge is 0.256 e. The number of carbonyl (C=O) groups is 1. The first kappa shape index (κ1) is 14.3. The van der Waals surface area contributed by atoms with Gasteiger partial charge >= 0.3 is 0 Å². The number of rotatable bonds is 2. The maximum absolute atomic E-state index is 13.8. The number of nitrogens with two attached hydrogens (primary N) is 1. The van der Waals surface area contributed by atoms with Gasteiger partial charge in [0.1, 0.15) is 5.82 Å². The molecular weight excluding hydrogens is 269 g/mol. The largest absolute Gasteiger partial charge is 0.399 e. The van der Waals surface area contributed by atoms with Crippen LogP contribution in [0.4, 0.5) is 10.1 Å². The van der Waals surface area contributed by atoms with Crippen LogP contribution in [0.15, 0.2) is 18.2 Å². The number of halogens is 1. The van der Waals surface area contributed by atoms with Crippen LogP contribution in [0, 0.1) is 5.82 Å². The molecule has 0 bridgehead atoms. The van der Waals surface area contributed by atoms with Crippen LogP contribution in [0.2, 0.25) is 0 Å². The Morgan fingerprint density at radius 1 is 1.14 bits per heavy atom. The molecule has 0 spiro atoms. The molecule has 1 aliphatic heterocycles. The Morgan fingerprint density at radius 2 is 1.81 bits per heavy atom. The normalized spacial score (nSPS) is 20.9. The van der Waals surface area contributed by atoms with Crippen molar-refractivity contribution in [2.75, 3.05) is 31.9 Å². The highest BCUT2D eigenvalue weighted by molar-refractivity contribution is 5.95. The first-order valence-electron chi connectivity index (χ1n) is 7.73. The molecule has 0 unspecified atom stereocenters. The van der Waals surface area contributed by atoms with Gasteiger partial charge in [-0.2, -0.15) is 0 Å². The van der Waals surface area contributed by atoms with Crippen LogP contribution >= 0.6 is 0 Å². The van der Waals surface area contributed by atoms with Gasteiger partial charge in [0.25, 0.3) is 5.91 Å². The number of hydrogen-bond acceptors (Lipinski definition) is 3. The number of hydrogen-bond donors (Lipinski definition) is 1. The highest BCUT2D eigenvalue weighted by atomic mass is 19.1. The van der Waals surface area contributed by atoms with Crippen molar-refractivity contribution in [2.45, 2.75) is 31.7 Å². The average molecular weight is 291 g/mol. The summed E-state index contributed by atoms with van der Waals surface area (Å²) in [4.78, 5) is 16.6. The van der Waals surface area contributed by atoms with Crippen molar-refractivity contribution in [3.63, 3.8) is 0 Å². The number of piperazine rings is 1. The molecule has 21 heavy (non-hydrogen) atoms. The number of carbonyl (C=O) groups excluding carboxylic acids is 1. The molecule has 1 aromatic rings. The van der Waals surface area contributed by atoms with Gasteiger partial charge in [-0.05, 0) is 31.0 Å². The summed E-state index contributed by atoms with van der Waals surface area (Å²) >= 11 is 0. The molecule has 1 aliphatic carbocycles. The van der Waals surface area contributed by atoms with Gasteiger partial charge < -0.3 is 10.6 Å². The summed E-state index contributed by atoms with van der Waals surface area (Å²) in [5, 5.41) is 0. The fourth-order valence-corrected chi connectivity index (χ4v) is 3.44. The lowest BCUT2D eigenvalue weighted by Crippen LogP contribution is -2.51. The van der Waals surface area contributed by atoms with Crippen molar-refractivity contribution in [3.8, 4) is 0 Å². The van der Waals surface area contributed by atoms with Gasteiger partial charge in [0.2, 0.25) is 0 Å². The summed E-state index contributed by atoms with van der Waals surface area (Å²) < 4.78 is 13.8. The predicted octanol–water partition coefficient (Wildman–Crippen LogP) is 2.11. The minimum atomic E-state index is -0.493. The maximum atomic E-state index is 13.8. The Morgan fingerprint density at radius 3 is 2.48 bits per heavy atom. The maximum Gasteiger partial charge on any atom is 0.256 e. The Balaban J connectivity index is 1.63. The zero-order valence-corrected chi connectivity index (χ0v) is 12.2. The van der Waals surface area contributed by atoms with Gasteiger partial charge in [0, 0.05) is 37.9 Å². The highest BCUT2D eigenvalue weighted by Gasteiger charge is 2.29. The predicted molar refractivity (Wildman–Crippen MR) is 80.5 cm³/mol. The molecule has 0 radical (unpaired) electrons. The van der Waals surface area contributed by atoms with E-state index in [-0.39, 0.29) is 11.5 Å². The van der Waals surface area contributed by atoms with E-state index >= 15 is 0 Å². The minimum absolute atomic E-state index is 0.0873. The van der Waals surface area contributed by atoms with Gasteiger partial charge in [0.15, 0.2) is 0 Å². The molecular formula is C16H22FN3O. The number of benzene rings is 1. The number of nitrogen functional groups attached to an aromatic ring is 1. The highest BCUT2D eigenvalue weighted by Crippen LogP contribution is 2.25. The molecule has 1 aromatic carbocycles. The van der Waals surface area contributed by atoms with Crippen LogP contribution in [0.3, 0.4) is 0 Å². The van der Waals surface area contributed by atoms with Crippen LogP contribution in [0.1, 0.15) is 36.0 Å². The topological polar surface area (TPSA) is 49.6 Å². The quantitative estimate of drug-likeness (QED) is 0.849. The Kier molecular flexibility index (Phi) is 4.10. The summed E-state index contributed by atoms with van der Waals surface area (Å²) in [5.41, 5.74) is 6.16. The second-order valence-electron chi connectivity index (χ2n) is 6.01. The first-order valence-corrected chi connectivity index (χ1v) is 7.73. The molecule has 0 aromatic heterocycles. The van der Waals surface area contributed by atoms with E-state index in [4.69, 9.17) is 5.73 Å². The molecule has 114 valence electrons. The van der Waals surface area contributed by atoms with Crippen molar-refractivity contribution < 1.29 is 9.18 Å². The zero-order valence-electron chi connectivity index (χ0n) is 12.2. The van der Waals surface area contributed by atoms with Crippen LogP contribution in [-0.4, -0.2) is 47.9 Å². The molecule has 2 fully saturated rings. The Labute approximate surface area is 124 Å². The van der Waals surface area contributed by atoms with Crippen molar-refractivity contribution >= 4 is 11.6 Å². The van der Waals surface area contributed by atoms with Gasteiger partial charge in [0.05, 0.1) is 5.56 Å². The monoisotopic (exact) mass is 291 g/mol. The third-order valence-corrected chi connectivity index (χ3v) is 4.66. The van der Waals surface area contributed by atoms with E-state index in [0.717, 1.165) is 13.1 Å². The average Bonchev–Trinajstić information content (AvgIpc) is 3.03. The van der Waals surface area contributed by atoms with E-state index in [1.165, 1.54) is 43.9 Å². The Hall–Kier alpha value is -1.62. The second kappa shape index (κ2) is 6.02. The van der Waals surface area contributed by atoms with Crippen LogP contribution in [0.5, 0.6) is 0 Å².